The minimum Gasteiger partial charge on any atom is -0.502 e. The Kier molecular flexibility index (Phi) is 5.28. The molecule has 0 spiro atoms. The van der Waals surface area contributed by atoms with Crippen LogP contribution in [0.15, 0.2) is 71.7 Å². The Morgan fingerprint density at radius 1 is 1.00 bits per heavy atom. The molecular formula is C27H23F2N3O4. The second-order valence-corrected chi connectivity index (χ2v) is 9.24. The highest BCUT2D eigenvalue weighted by Crippen LogP contribution is 2.42. The molecule has 1 aliphatic carbocycles. The van der Waals surface area contributed by atoms with E-state index in [2.05, 4.69) is 0 Å². The Hall–Kier alpha value is -4.14. The molecule has 1 aromatic heterocycles. The van der Waals surface area contributed by atoms with Gasteiger partial charge in [-0.25, -0.2) is 4.39 Å². The van der Waals surface area contributed by atoms with Crippen LogP contribution >= 0.6 is 0 Å². The predicted octanol–water partition coefficient (Wildman–Crippen LogP) is 3.70. The number of pyridine rings is 1. The van der Waals surface area contributed by atoms with E-state index in [9.17, 15) is 19.1 Å². The average molecular weight is 491 g/mol. The Morgan fingerprint density at radius 3 is 2.53 bits per heavy atom. The SMILES string of the molecule is O=C1c2c(O)c(=O)ccn2N2CN1[C@H](C1CC1)/C=C/COc1c(ccc(F)c1F)[C@@H]2c1ccccc1. The smallest absolute Gasteiger partial charge is 0.278 e. The molecule has 184 valence electrons. The number of halogens is 2. The number of ether oxygens (including phenoxy) is 1. The minimum absolute atomic E-state index is 0.0177. The number of aromatic nitrogens is 1. The third kappa shape index (κ3) is 3.54. The minimum atomic E-state index is -1.10. The molecule has 0 radical (unpaired) electrons. The van der Waals surface area contributed by atoms with E-state index in [4.69, 9.17) is 4.74 Å². The summed E-state index contributed by atoms with van der Waals surface area (Å²) in [6.45, 7) is 0.0633. The van der Waals surface area contributed by atoms with E-state index < -0.39 is 34.8 Å². The number of fused-ring (bicyclic) bond motifs is 5. The maximum Gasteiger partial charge on any atom is 0.278 e. The molecule has 9 heteroatoms. The molecule has 6 rings (SSSR count). The first-order valence-electron chi connectivity index (χ1n) is 11.8. The molecule has 1 amide bonds. The first-order chi connectivity index (χ1) is 17.5. The molecule has 2 aromatic carbocycles. The zero-order chi connectivity index (χ0) is 25.0. The van der Waals surface area contributed by atoms with Gasteiger partial charge < -0.3 is 14.7 Å². The van der Waals surface area contributed by atoms with Crippen LogP contribution in [0.3, 0.4) is 0 Å². The van der Waals surface area contributed by atoms with Crippen LogP contribution < -0.4 is 15.2 Å². The summed E-state index contributed by atoms with van der Waals surface area (Å²) in [6.07, 6.45) is 6.81. The van der Waals surface area contributed by atoms with Crippen molar-refractivity contribution in [3.63, 3.8) is 0 Å². The number of amides is 1. The van der Waals surface area contributed by atoms with Crippen molar-refractivity contribution in [2.75, 3.05) is 18.3 Å². The van der Waals surface area contributed by atoms with Crippen LogP contribution in [0, 0.1) is 17.6 Å². The third-order valence-corrected chi connectivity index (χ3v) is 7.00. The summed E-state index contributed by atoms with van der Waals surface area (Å²) in [5.41, 5.74) is 0.226. The molecular weight excluding hydrogens is 468 g/mol. The van der Waals surface area contributed by atoms with Crippen molar-refractivity contribution in [2.45, 2.75) is 24.9 Å². The van der Waals surface area contributed by atoms with E-state index in [1.807, 2.05) is 36.4 Å². The number of rotatable bonds is 2. The normalized spacial score (nSPS) is 22.2. The van der Waals surface area contributed by atoms with E-state index in [-0.39, 0.29) is 36.7 Å². The van der Waals surface area contributed by atoms with Crippen LogP contribution in [0.25, 0.3) is 0 Å². The van der Waals surface area contributed by atoms with Gasteiger partial charge in [0.2, 0.25) is 11.2 Å². The molecule has 0 unspecified atom stereocenters. The van der Waals surface area contributed by atoms with Crippen molar-refractivity contribution in [3.8, 4) is 11.5 Å². The standard InChI is InChI=1S/C27H23F2N3O4/c28-19-11-10-18-23(17-5-2-1-3-6-17)32-15-30(27(35)24-25(34)21(33)12-13-31(24)32)20(16-8-9-16)7-4-14-36-26(18)22(19)29/h1-7,10-13,16,20,23,34H,8-9,14-15H2/b7-4+/t20-,23-/m0/s1. The number of nitrogens with zero attached hydrogens (tertiary/aromatic N) is 3. The summed E-state index contributed by atoms with van der Waals surface area (Å²) in [5.74, 6) is -3.28. The second-order valence-electron chi connectivity index (χ2n) is 9.24. The first kappa shape index (κ1) is 22.3. The molecule has 3 aromatic rings. The number of benzene rings is 2. The summed E-state index contributed by atoms with van der Waals surface area (Å²) >= 11 is 0. The molecule has 1 saturated carbocycles. The van der Waals surface area contributed by atoms with Gasteiger partial charge in [-0.3, -0.25) is 19.3 Å². The lowest BCUT2D eigenvalue weighted by Crippen LogP contribution is -2.58. The summed E-state index contributed by atoms with van der Waals surface area (Å²) in [4.78, 5) is 27.7. The Bertz CT molecular complexity index is 1430. The molecule has 1 N–H and O–H groups in total. The van der Waals surface area contributed by atoms with Gasteiger partial charge in [0, 0.05) is 17.8 Å². The fourth-order valence-corrected chi connectivity index (χ4v) is 5.13. The van der Waals surface area contributed by atoms with Gasteiger partial charge in [0.05, 0.1) is 6.04 Å². The molecule has 3 heterocycles. The third-order valence-electron chi connectivity index (χ3n) is 7.00. The molecule has 1 fully saturated rings. The number of hydrogen-bond donors (Lipinski definition) is 1. The molecule has 2 bridgehead atoms. The van der Waals surface area contributed by atoms with Gasteiger partial charge in [-0.05, 0) is 42.5 Å². The lowest BCUT2D eigenvalue weighted by Gasteiger charge is -2.46. The average Bonchev–Trinajstić information content (AvgIpc) is 3.72. The highest BCUT2D eigenvalue weighted by Gasteiger charge is 2.44. The summed E-state index contributed by atoms with van der Waals surface area (Å²) in [6, 6.07) is 11.8. The highest BCUT2D eigenvalue weighted by molar-refractivity contribution is 5.96. The second kappa shape index (κ2) is 8.51. The van der Waals surface area contributed by atoms with Crippen molar-refractivity contribution in [1.82, 2.24) is 9.58 Å². The molecule has 2 aliphatic heterocycles. The van der Waals surface area contributed by atoms with Crippen LogP contribution in [0.5, 0.6) is 11.5 Å². The van der Waals surface area contributed by atoms with Gasteiger partial charge in [0.15, 0.2) is 23.0 Å². The summed E-state index contributed by atoms with van der Waals surface area (Å²) in [5, 5.41) is 12.5. The lowest BCUT2D eigenvalue weighted by molar-refractivity contribution is 0.0610. The molecule has 7 nitrogen and oxygen atoms in total. The van der Waals surface area contributed by atoms with Gasteiger partial charge in [-0.15, -0.1) is 0 Å². The molecule has 3 aliphatic rings. The zero-order valence-electron chi connectivity index (χ0n) is 19.2. The predicted molar refractivity (Wildman–Crippen MR) is 127 cm³/mol. The van der Waals surface area contributed by atoms with Crippen LogP contribution in [-0.4, -0.2) is 39.9 Å². The lowest BCUT2D eigenvalue weighted by atomic mass is 9.96. The fourth-order valence-electron chi connectivity index (χ4n) is 5.13. The van der Waals surface area contributed by atoms with Crippen molar-refractivity contribution in [2.24, 2.45) is 5.92 Å². The van der Waals surface area contributed by atoms with Gasteiger partial charge in [-0.1, -0.05) is 36.4 Å². The molecule has 0 saturated heterocycles. The monoisotopic (exact) mass is 491 g/mol. The van der Waals surface area contributed by atoms with Crippen LogP contribution in [0.2, 0.25) is 0 Å². The van der Waals surface area contributed by atoms with Crippen molar-refractivity contribution < 1.29 is 23.4 Å². The maximum atomic E-state index is 15.1. The quantitative estimate of drug-likeness (QED) is 0.554. The highest BCUT2D eigenvalue weighted by atomic mass is 19.2. The van der Waals surface area contributed by atoms with Crippen molar-refractivity contribution in [1.29, 1.82) is 0 Å². The van der Waals surface area contributed by atoms with Gasteiger partial charge >= 0.3 is 0 Å². The van der Waals surface area contributed by atoms with Gasteiger partial charge in [0.25, 0.3) is 5.91 Å². The number of aromatic hydroxyl groups is 1. The number of carbonyl (C=O) groups is 1. The Morgan fingerprint density at radius 2 is 1.78 bits per heavy atom. The summed E-state index contributed by atoms with van der Waals surface area (Å²) < 4.78 is 36.7. The first-order valence-corrected chi connectivity index (χ1v) is 11.8. The van der Waals surface area contributed by atoms with E-state index in [0.29, 0.717) is 5.56 Å². The van der Waals surface area contributed by atoms with E-state index in [1.54, 1.807) is 16.0 Å². The van der Waals surface area contributed by atoms with Crippen molar-refractivity contribution >= 4 is 5.91 Å². The van der Waals surface area contributed by atoms with E-state index >= 15 is 4.39 Å². The molecule has 36 heavy (non-hydrogen) atoms. The van der Waals surface area contributed by atoms with E-state index in [1.165, 1.54) is 23.0 Å². The zero-order valence-corrected chi connectivity index (χ0v) is 19.2. The van der Waals surface area contributed by atoms with Gasteiger partial charge in [-0.2, -0.15) is 4.39 Å². The van der Waals surface area contributed by atoms with Gasteiger partial charge in [0.1, 0.15) is 19.3 Å². The topological polar surface area (TPSA) is 75.0 Å². The number of carbonyl (C=O) groups excluding carboxylic acids is 1. The largest absolute Gasteiger partial charge is 0.502 e. The van der Waals surface area contributed by atoms with Crippen LogP contribution in [0.4, 0.5) is 8.78 Å². The fraction of sp³-hybridized carbons (Fsp3) is 0.259. The Balaban J connectivity index is 1.65. The number of hydrogen-bond acceptors (Lipinski definition) is 5. The van der Waals surface area contributed by atoms with Crippen LogP contribution in [-0.2, 0) is 0 Å². The van der Waals surface area contributed by atoms with Crippen molar-refractivity contribution in [3.05, 3.63) is 106 Å². The molecule has 2 atom stereocenters. The van der Waals surface area contributed by atoms with Crippen LogP contribution in [0.1, 0.15) is 40.5 Å². The Labute approximate surface area is 205 Å². The summed E-state index contributed by atoms with van der Waals surface area (Å²) in [7, 11) is 0. The maximum absolute atomic E-state index is 15.1. The van der Waals surface area contributed by atoms with E-state index in [0.717, 1.165) is 24.5 Å².